The van der Waals surface area contributed by atoms with Crippen molar-refractivity contribution >= 4 is 29.2 Å². The minimum atomic E-state index is -0.942. The van der Waals surface area contributed by atoms with Crippen LogP contribution < -0.4 is 4.74 Å². The van der Waals surface area contributed by atoms with E-state index in [-0.39, 0.29) is 0 Å². The van der Waals surface area contributed by atoms with Crippen molar-refractivity contribution < 1.29 is 14.6 Å². The number of aliphatic carboxylic acids is 1. The van der Waals surface area contributed by atoms with Gasteiger partial charge in [0.2, 0.25) is 0 Å². The van der Waals surface area contributed by atoms with Crippen molar-refractivity contribution in [3.63, 3.8) is 0 Å². The van der Waals surface area contributed by atoms with Crippen LogP contribution in [-0.2, 0) is 11.2 Å². The molecule has 0 aromatic heterocycles. The Labute approximate surface area is 152 Å². The van der Waals surface area contributed by atoms with Crippen LogP contribution in [0.15, 0.2) is 48.5 Å². The summed E-state index contributed by atoms with van der Waals surface area (Å²) in [6.07, 6.45) is 3.39. The van der Waals surface area contributed by atoms with Gasteiger partial charge in [0.25, 0.3) is 0 Å². The maximum absolute atomic E-state index is 11.3. The number of aryl methyl sites for hydroxylation is 1. The van der Waals surface area contributed by atoms with Crippen LogP contribution in [0, 0.1) is 0 Å². The second-order valence-corrected chi connectivity index (χ2v) is 6.50. The van der Waals surface area contributed by atoms with Gasteiger partial charge < -0.3 is 9.84 Å². The molecule has 1 unspecified atom stereocenters. The Kier molecular flexibility index (Phi) is 7.41. The van der Waals surface area contributed by atoms with Crippen LogP contribution >= 0.6 is 23.2 Å². The van der Waals surface area contributed by atoms with Crippen molar-refractivity contribution in [2.45, 2.75) is 38.2 Å². The molecule has 0 aliphatic heterocycles. The maximum atomic E-state index is 11.3. The Morgan fingerprint density at radius 3 is 2.08 bits per heavy atom. The summed E-state index contributed by atoms with van der Waals surface area (Å²) >= 11 is 11.7. The molecule has 0 radical (unpaired) electrons. The van der Waals surface area contributed by atoms with Crippen molar-refractivity contribution in [2.24, 2.45) is 0 Å². The Morgan fingerprint density at radius 2 is 1.50 bits per heavy atom. The van der Waals surface area contributed by atoms with Crippen LogP contribution in [0.3, 0.4) is 0 Å². The molecule has 128 valence electrons. The fraction of sp³-hybridized carbons (Fsp3) is 0.316. The summed E-state index contributed by atoms with van der Waals surface area (Å²) in [5.41, 5.74) is 1.24. The van der Waals surface area contributed by atoms with Crippen molar-refractivity contribution in [1.82, 2.24) is 0 Å². The Bertz CT molecular complexity index is 639. The molecule has 24 heavy (non-hydrogen) atoms. The first kappa shape index (κ1) is 18.6. The molecule has 0 spiro atoms. The SMILES string of the molecule is O=C(O)C(CCCCCc1ccc(Cl)cc1)Oc1ccc(Cl)cc1. The molecule has 0 aliphatic rings. The highest BCUT2D eigenvalue weighted by molar-refractivity contribution is 6.30. The van der Waals surface area contributed by atoms with Gasteiger partial charge in [-0.2, -0.15) is 0 Å². The topological polar surface area (TPSA) is 46.5 Å². The molecular weight excluding hydrogens is 347 g/mol. The van der Waals surface area contributed by atoms with Crippen LogP contribution in [0.5, 0.6) is 5.75 Å². The van der Waals surface area contributed by atoms with Gasteiger partial charge in [0.05, 0.1) is 0 Å². The van der Waals surface area contributed by atoms with E-state index in [1.165, 1.54) is 5.56 Å². The lowest BCUT2D eigenvalue weighted by Gasteiger charge is -2.15. The van der Waals surface area contributed by atoms with Gasteiger partial charge in [-0.1, -0.05) is 41.8 Å². The average Bonchev–Trinajstić information content (AvgIpc) is 2.57. The maximum Gasteiger partial charge on any atom is 0.344 e. The number of rotatable bonds is 9. The summed E-state index contributed by atoms with van der Waals surface area (Å²) in [5.74, 6) is -0.421. The van der Waals surface area contributed by atoms with Gasteiger partial charge in [-0.05, 0) is 67.6 Å². The van der Waals surface area contributed by atoms with Gasteiger partial charge in [0, 0.05) is 10.0 Å². The van der Waals surface area contributed by atoms with E-state index in [2.05, 4.69) is 0 Å². The summed E-state index contributed by atoms with van der Waals surface area (Å²) in [4.78, 5) is 11.3. The lowest BCUT2D eigenvalue weighted by Crippen LogP contribution is -2.26. The standard InChI is InChI=1S/C19H20Cl2O3/c20-15-8-6-14(7-9-15)4-2-1-3-5-18(19(22)23)24-17-12-10-16(21)11-13-17/h6-13,18H,1-5H2,(H,22,23). The fourth-order valence-electron chi connectivity index (χ4n) is 2.40. The third kappa shape index (κ3) is 6.42. The van der Waals surface area contributed by atoms with E-state index >= 15 is 0 Å². The smallest absolute Gasteiger partial charge is 0.344 e. The van der Waals surface area contributed by atoms with E-state index in [0.29, 0.717) is 17.2 Å². The van der Waals surface area contributed by atoms with E-state index in [1.807, 2.05) is 24.3 Å². The number of hydrogen-bond donors (Lipinski definition) is 1. The Hall–Kier alpha value is -1.71. The minimum Gasteiger partial charge on any atom is -0.479 e. The van der Waals surface area contributed by atoms with Gasteiger partial charge in [0.1, 0.15) is 5.75 Å². The predicted molar refractivity (Wildman–Crippen MR) is 97.1 cm³/mol. The van der Waals surface area contributed by atoms with E-state index in [4.69, 9.17) is 27.9 Å². The zero-order valence-electron chi connectivity index (χ0n) is 13.3. The van der Waals surface area contributed by atoms with Crippen molar-refractivity contribution in [3.05, 3.63) is 64.1 Å². The third-order valence-electron chi connectivity index (χ3n) is 3.71. The van der Waals surface area contributed by atoms with Crippen LogP contribution in [0.25, 0.3) is 0 Å². The second kappa shape index (κ2) is 9.55. The number of halogens is 2. The summed E-state index contributed by atoms with van der Waals surface area (Å²) in [6, 6.07) is 14.5. The van der Waals surface area contributed by atoms with Crippen LogP contribution in [0.2, 0.25) is 10.0 Å². The van der Waals surface area contributed by atoms with Gasteiger partial charge in [-0.3, -0.25) is 0 Å². The molecule has 1 atom stereocenters. The lowest BCUT2D eigenvalue weighted by molar-refractivity contribution is -0.145. The number of benzene rings is 2. The molecule has 5 heteroatoms. The highest BCUT2D eigenvalue weighted by atomic mass is 35.5. The van der Waals surface area contributed by atoms with Gasteiger partial charge in [0.15, 0.2) is 6.10 Å². The first-order chi connectivity index (χ1) is 11.5. The number of carboxylic acid groups (broad SMARTS) is 1. The summed E-state index contributed by atoms with van der Waals surface area (Å²) in [7, 11) is 0. The van der Waals surface area contributed by atoms with Crippen molar-refractivity contribution in [3.8, 4) is 5.75 Å². The first-order valence-corrected chi connectivity index (χ1v) is 8.69. The molecule has 3 nitrogen and oxygen atoms in total. The number of carboxylic acids is 1. The molecule has 0 aliphatic carbocycles. The number of carbonyl (C=O) groups is 1. The lowest BCUT2D eigenvalue weighted by atomic mass is 10.0. The third-order valence-corrected chi connectivity index (χ3v) is 4.22. The van der Waals surface area contributed by atoms with Crippen LogP contribution in [-0.4, -0.2) is 17.2 Å². The monoisotopic (exact) mass is 366 g/mol. The van der Waals surface area contributed by atoms with Crippen LogP contribution in [0.1, 0.15) is 31.2 Å². The quantitative estimate of drug-likeness (QED) is 0.585. The molecule has 0 amide bonds. The van der Waals surface area contributed by atoms with Gasteiger partial charge >= 0.3 is 5.97 Å². The molecular formula is C19H20Cl2O3. The normalized spacial score (nSPS) is 11.9. The molecule has 2 aromatic rings. The van der Waals surface area contributed by atoms with Crippen LogP contribution in [0.4, 0.5) is 0 Å². The summed E-state index contributed by atoms with van der Waals surface area (Å²) in [6.45, 7) is 0. The van der Waals surface area contributed by atoms with E-state index < -0.39 is 12.1 Å². The van der Waals surface area contributed by atoms with Crippen molar-refractivity contribution in [1.29, 1.82) is 0 Å². The van der Waals surface area contributed by atoms with E-state index in [9.17, 15) is 9.90 Å². The molecule has 1 N–H and O–H groups in total. The zero-order valence-corrected chi connectivity index (χ0v) is 14.8. The average molecular weight is 367 g/mol. The molecule has 2 rings (SSSR count). The fourth-order valence-corrected chi connectivity index (χ4v) is 2.65. The van der Waals surface area contributed by atoms with Gasteiger partial charge in [-0.15, -0.1) is 0 Å². The largest absolute Gasteiger partial charge is 0.479 e. The molecule has 2 aromatic carbocycles. The predicted octanol–water partition coefficient (Wildman–Crippen LogP) is 5.63. The molecule has 0 fully saturated rings. The summed E-state index contributed by atoms with van der Waals surface area (Å²) in [5, 5.41) is 10.6. The Morgan fingerprint density at radius 1 is 0.917 bits per heavy atom. The van der Waals surface area contributed by atoms with E-state index in [0.717, 1.165) is 30.7 Å². The van der Waals surface area contributed by atoms with E-state index in [1.54, 1.807) is 24.3 Å². The van der Waals surface area contributed by atoms with Gasteiger partial charge in [-0.25, -0.2) is 4.79 Å². The molecule has 0 saturated heterocycles. The molecule has 0 bridgehead atoms. The first-order valence-electron chi connectivity index (χ1n) is 7.94. The zero-order chi connectivity index (χ0) is 17.4. The highest BCUT2D eigenvalue weighted by Crippen LogP contribution is 2.19. The highest BCUT2D eigenvalue weighted by Gasteiger charge is 2.18. The minimum absolute atomic E-state index is 0.485. The number of ether oxygens (including phenoxy) is 1. The molecule has 0 saturated carbocycles. The second-order valence-electron chi connectivity index (χ2n) is 5.62. The van der Waals surface area contributed by atoms with Crippen molar-refractivity contribution in [2.75, 3.05) is 0 Å². The Balaban J connectivity index is 1.72. The summed E-state index contributed by atoms with van der Waals surface area (Å²) < 4.78 is 5.54. The number of hydrogen-bond acceptors (Lipinski definition) is 2. The number of unbranched alkanes of at least 4 members (excludes halogenated alkanes) is 2. The molecule has 0 heterocycles.